The Hall–Kier alpha value is -2.88. The van der Waals surface area contributed by atoms with E-state index in [-0.39, 0.29) is 5.57 Å². The monoisotopic (exact) mass is 279 g/mol. The Morgan fingerprint density at radius 3 is 2.10 bits per heavy atom. The van der Waals surface area contributed by atoms with E-state index in [1.54, 1.807) is 42.5 Å². The van der Waals surface area contributed by atoms with Gasteiger partial charge in [-0.1, -0.05) is 48.0 Å². The third-order valence-corrected chi connectivity index (χ3v) is 3.41. The standard InChI is InChI=1S/C17H13NO3/c1-11-7-9-12(10-8-11)14-15(19)17(21)18(16(14)20)13-5-3-2-4-6-13/h2-10,19H,1H3. The average molecular weight is 279 g/mol. The van der Waals surface area contributed by atoms with Gasteiger partial charge in [0.1, 0.15) is 0 Å². The van der Waals surface area contributed by atoms with E-state index in [1.165, 1.54) is 0 Å². The highest BCUT2D eigenvalue weighted by atomic mass is 16.3. The summed E-state index contributed by atoms with van der Waals surface area (Å²) in [7, 11) is 0. The van der Waals surface area contributed by atoms with Crippen molar-refractivity contribution in [1.29, 1.82) is 0 Å². The van der Waals surface area contributed by atoms with Gasteiger partial charge < -0.3 is 5.11 Å². The minimum Gasteiger partial charge on any atom is -0.502 e. The van der Waals surface area contributed by atoms with Gasteiger partial charge in [-0.2, -0.15) is 0 Å². The van der Waals surface area contributed by atoms with E-state index in [1.807, 2.05) is 19.1 Å². The lowest BCUT2D eigenvalue weighted by Crippen LogP contribution is -2.31. The van der Waals surface area contributed by atoms with E-state index in [4.69, 9.17) is 0 Å². The van der Waals surface area contributed by atoms with Gasteiger partial charge in [-0.25, -0.2) is 4.90 Å². The first kappa shape index (κ1) is 13.1. The molecule has 0 aromatic heterocycles. The summed E-state index contributed by atoms with van der Waals surface area (Å²) >= 11 is 0. The second kappa shape index (κ2) is 4.90. The van der Waals surface area contributed by atoms with Gasteiger partial charge in [0.25, 0.3) is 5.91 Å². The van der Waals surface area contributed by atoms with Crippen molar-refractivity contribution < 1.29 is 14.7 Å². The number of nitrogens with zero attached hydrogens (tertiary/aromatic N) is 1. The van der Waals surface area contributed by atoms with Crippen LogP contribution in [0.1, 0.15) is 11.1 Å². The van der Waals surface area contributed by atoms with E-state index in [0.29, 0.717) is 11.3 Å². The van der Waals surface area contributed by atoms with Crippen molar-refractivity contribution in [3.05, 3.63) is 71.5 Å². The normalized spacial score (nSPS) is 15.0. The molecule has 1 aliphatic heterocycles. The lowest BCUT2D eigenvalue weighted by atomic mass is 10.0. The molecule has 4 nitrogen and oxygen atoms in total. The molecule has 0 saturated heterocycles. The molecule has 0 unspecified atom stereocenters. The predicted octanol–water partition coefficient (Wildman–Crippen LogP) is 2.84. The van der Waals surface area contributed by atoms with Crippen molar-refractivity contribution in [2.45, 2.75) is 6.92 Å². The SMILES string of the molecule is Cc1ccc(C2=C(O)C(=O)N(c3ccccc3)C2=O)cc1. The molecule has 2 amide bonds. The molecule has 104 valence electrons. The summed E-state index contributed by atoms with van der Waals surface area (Å²) in [6.45, 7) is 1.93. The third-order valence-electron chi connectivity index (χ3n) is 3.41. The molecule has 0 fully saturated rings. The smallest absolute Gasteiger partial charge is 0.301 e. The maximum absolute atomic E-state index is 12.5. The number of hydrogen-bond acceptors (Lipinski definition) is 3. The van der Waals surface area contributed by atoms with Gasteiger partial charge in [-0.15, -0.1) is 0 Å². The van der Waals surface area contributed by atoms with Crippen LogP contribution in [0.3, 0.4) is 0 Å². The first-order valence-corrected chi connectivity index (χ1v) is 6.53. The van der Waals surface area contributed by atoms with Crippen LogP contribution in [0.25, 0.3) is 5.57 Å². The van der Waals surface area contributed by atoms with E-state index < -0.39 is 17.6 Å². The Bertz CT molecular complexity index is 745. The Balaban J connectivity index is 2.05. The summed E-state index contributed by atoms with van der Waals surface area (Å²) in [4.78, 5) is 25.7. The fraction of sp³-hybridized carbons (Fsp3) is 0.0588. The fourth-order valence-corrected chi connectivity index (χ4v) is 2.31. The largest absolute Gasteiger partial charge is 0.502 e. The fourth-order valence-electron chi connectivity index (χ4n) is 2.31. The molecule has 0 radical (unpaired) electrons. The summed E-state index contributed by atoms with van der Waals surface area (Å²) in [5.74, 6) is -1.71. The molecule has 1 aliphatic rings. The quantitative estimate of drug-likeness (QED) is 0.860. The number of rotatable bonds is 2. The number of benzene rings is 2. The number of hydrogen-bond donors (Lipinski definition) is 1. The number of amides is 2. The van der Waals surface area contributed by atoms with Gasteiger partial charge in [0, 0.05) is 0 Å². The van der Waals surface area contributed by atoms with E-state index in [0.717, 1.165) is 10.5 Å². The zero-order valence-corrected chi connectivity index (χ0v) is 11.4. The molecule has 4 heteroatoms. The maximum Gasteiger partial charge on any atom is 0.301 e. The number of anilines is 1. The Morgan fingerprint density at radius 1 is 0.857 bits per heavy atom. The molecule has 0 atom stereocenters. The van der Waals surface area contributed by atoms with Crippen molar-refractivity contribution in [3.8, 4) is 0 Å². The molecule has 2 aromatic carbocycles. The first-order valence-electron chi connectivity index (χ1n) is 6.53. The number of carbonyl (C=O) groups excluding carboxylic acids is 2. The molecule has 3 rings (SSSR count). The van der Waals surface area contributed by atoms with Crippen LogP contribution in [0.15, 0.2) is 60.4 Å². The minimum atomic E-state index is -0.693. The van der Waals surface area contributed by atoms with Crippen LogP contribution in [-0.4, -0.2) is 16.9 Å². The molecule has 21 heavy (non-hydrogen) atoms. The van der Waals surface area contributed by atoms with Crippen LogP contribution in [0.4, 0.5) is 5.69 Å². The van der Waals surface area contributed by atoms with E-state index in [9.17, 15) is 14.7 Å². The first-order chi connectivity index (χ1) is 10.1. The van der Waals surface area contributed by atoms with E-state index >= 15 is 0 Å². The molecular weight excluding hydrogens is 266 g/mol. The van der Waals surface area contributed by atoms with Crippen molar-refractivity contribution in [1.82, 2.24) is 0 Å². The second-order valence-corrected chi connectivity index (χ2v) is 4.87. The summed E-state index contributed by atoms with van der Waals surface area (Å²) in [6.07, 6.45) is 0. The van der Waals surface area contributed by atoms with Crippen LogP contribution in [0.5, 0.6) is 0 Å². The van der Waals surface area contributed by atoms with E-state index in [2.05, 4.69) is 0 Å². The number of carbonyl (C=O) groups is 2. The summed E-state index contributed by atoms with van der Waals surface area (Å²) in [6, 6.07) is 15.7. The maximum atomic E-state index is 12.5. The number of aryl methyl sites for hydroxylation is 1. The van der Waals surface area contributed by atoms with Gasteiger partial charge in [0.2, 0.25) is 0 Å². The highest BCUT2D eigenvalue weighted by Gasteiger charge is 2.40. The molecule has 0 saturated carbocycles. The van der Waals surface area contributed by atoms with Gasteiger partial charge in [-0.3, -0.25) is 9.59 Å². The molecule has 1 N–H and O–H groups in total. The summed E-state index contributed by atoms with van der Waals surface area (Å²) in [5, 5.41) is 10.0. The van der Waals surface area contributed by atoms with Crippen LogP contribution < -0.4 is 4.90 Å². The van der Waals surface area contributed by atoms with Crippen LogP contribution in [-0.2, 0) is 9.59 Å². The highest BCUT2D eigenvalue weighted by Crippen LogP contribution is 2.31. The van der Waals surface area contributed by atoms with Crippen molar-refractivity contribution in [3.63, 3.8) is 0 Å². The zero-order chi connectivity index (χ0) is 15.0. The van der Waals surface area contributed by atoms with Crippen molar-refractivity contribution in [2.75, 3.05) is 4.90 Å². The zero-order valence-electron chi connectivity index (χ0n) is 11.4. The number of para-hydroxylation sites is 1. The molecule has 0 bridgehead atoms. The van der Waals surface area contributed by atoms with Gasteiger partial charge in [0.15, 0.2) is 5.76 Å². The Kier molecular flexibility index (Phi) is 3.06. The minimum absolute atomic E-state index is 0.0452. The highest BCUT2D eigenvalue weighted by molar-refractivity contribution is 6.44. The molecule has 2 aromatic rings. The summed E-state index contributed by atoms with van der Waals surface area (Å²) in [5.41, 5.74) is 2.07. The lowest BCUT2D eigenvalue weighted by Gasteiger charge is -2.14. The second-order valence-electron chi connectivity index (χ2n) is 4.87. The van der Waals surface area contributed by atoms with Crippen LogP contribution >= 0.6 is 0 Å². The molecule has 0 aliphatic carbocycles. The number of aliphatic hydroxyl groups excluding tert-OH is 1. The lowest BCUT2D eigenvalue weighted by molar-refractivity contribution is -0.121. The van der Waals surface area contributed by atoms with Crippen LogP contribution in [0, 0.1) is 6.92 Å². The van der Waals surface area contributed by atoms with Gasteiger partial charge in [-0.05, 0) is 24.6 Å². The van der Waals surface area contributed by atoms with Gasteiger partial charge in [0.05, 0.1) is 11.3 Å². The predicted molar refractivity (Wildman–Crippen MR) is 79.7 cm³/mol. The number of aliphatic hydroxyl groups is 1. The summed E-state index contributed by atoms with van der Waals surface area (Å²) < 4.78 is 0. The van der Waals surface area contributed by atoms with Crippen molar-refractivity contribution >= 4 is 23.1 Å². The van der Waals surface area contributed by atoms with Crippen molar-refractivity contribution in [2.24, 2.45) is 0 Å². The van der Waals surface area contributed by atoms with Crippen LogP contribution in [0.2, 0.25) is 0 Å². The average Bonchev–Trinajstić information content (AvgIpc) is 2.72. The topological polar surface area (TPSA) is 57.6 Å². The third kappa shape index (κ3) is 2.10. The Labute approximate surface area is 121 Å². The Morgan fingerprint density at radius 2 is 1.48 bits per heavy atom. The number of imide groups is 1. The van der Waals surface area contributed by atoms with Gasteiger partial charge >= 0.3 is 5.91 Å². The molecule has 0 spiro atoms. The molecular formula is C17H13NO3. The molecule has 1 heterocycles.